The van der Waals surface area contributed by atoms with Gasteiger partial charge in [-0.05, 0) is 42.3 Å². The predicted molar refractivity (Wildman–Crippen MR) is 81.4 cm³/mol. The van der Waals surface area contributed by atoms with Crippen molar-refractivity contribution in [3.8, 4) is 11.5 Å². The average molecular weight is 283 g/mol. The average Bonchev–Trinajstić information content (AvgIpc) is 2.97. The Labute approximate surface area is 123 Å². The summed E-state index contributed by atoms with van der Waals surface area (Å²) in [6.45, 7) is 0.680. The van der Waals surface area contributed by atoms with Crippen molar-refractivity contribution in [3.05, 3.63) is 53.6 Å². The van der Waals surface area contributed by atoms with Crippen LogP contribution in [-0.4, -0.2) is 26.7 Å². The molecule has 0 bridgehead atoms. The second-order valence-corrected chi connectivity index (χ2v) is 4.90. The third-order valence-corrected chi connectivity index (χ3v) is 3.76. The zero-order chi connectivity index (χ0) is 14.8. The molecule has 21 heavy (non-hydrogen) atoms. The largest absolute Gasteiger partial charge is 0.497 e. The number of rotatable bonds is 3. The Morgan fingerprint density at radius 1 is 1.10 bits per heavy atom. The Morgan fingerprint density at radius 3 is 2.67 bits per heavy atom. The highest BCUT2D eigenvalue weighted by atomic mass is 16.5. The molecule has 1 heterocycles. The van der Waals surface area contributed by atoms with Crippen LogP contribution in [0.25, 0.3) is 0 Å². The first kappa shape index (κ1) is 13.5. The molecule has 0 atom stereocenters. The van der Waals surface area contributed by atoms with Crippen molar-refractivity contribution in [1.29, 1.82) is 0 Å². The number of amides is 1. The molecule has 0 saturated carbocycles. The lowest BCUT2D eigenvalue weighted by Crippen LogP contribution is -2.29. The third-order valence-electron chi connectivity index (χ3n) is 3.76. The van der Waals surface area contributed by atoms with E-state index >= 15 is 0 Å². The number of carbonyl (C=O) groups is 1. The Kier molecular flexibility index (Phi) is 3.52. The van der Waals surface area contributed by atoms with Gasteiger partial charge in [-0.3, -0.25) is 4.79 Å². The van der Waals surface area contributed by atoms with Crippen LogP contribution in [-0.2, 0) is 6.42 Å². The molecule has 0 N–H and O–H groups in total. The van der Waals surface area contributed by atoms with Crippen LogP contribution >= 0.6 is 0 Å². The molecule has 0 fully saturated rings. The Morgan fingerprint density at radius 2 is 1.90 bits per heavy atom. The van der Waals surface area contributed by atoms with Crippen LogP contribution in [0.15, 0.2) is 42.5 Å². The van der Waals surface area contributed by atoms with Crippen molar-refractivity contribution >= 4 is 11.6 Å². The maximum absolute atomic E-state index is 12.8. The van der Waals surface area contributed by atoms with E-state index in [0.29, 0.717) is 17.9 Å². The fourth-order valence-electron chi connectivity index (χ4n) is 2.68. The van der Waals surface area contributed by atoms with Gasteiger partial charge in [-0.25, -0.2) is 0 Å². The molecule has 2 aromatic rings. The molecule has 1 aliphatic rings. The number of hydrogen-bond donors (Lipinski definition) is 0. The maximum Gasteiger partial charge on any atom is 0.262 e. The van der Waals surface area contributed by atoms with Gasteiger partial charge in [-0.2, -0.15) is 0 Å². The summed E-state index contributed by atoms with van der Waals surface area (Å²) in [6.07, 6.45) is 0.841. The van der Waals surface area contributed by atoms with E-state index in [1.807, 2.05) is 30.3 Å². The molecule has 0 unspecified atom stereocenters. The molecule has 4 nitrogen and oxygen atoms in total. The number of benzene rings is 2. The van der Waals surface area contributed by atoms with Gasteiger partial charge in [0, 0.05) is 12.2 Å². The summed E-state index contributed by atoms with van der Waals surface area (Å²) in [4.78, 5) is 14.6. The lowest BCUT2D eigenvalue weighted by molar-refractivity contribution is 0.0986. The molecule has 0 spiro atoms. The molecule has 1 aliphatic heterocycles. The number of fused-ring (bicyclic) bond motifs is 1. The van der Waals surface area contributed by atoms with Crippen LogP contribution in [0.3, 0.4) is 0 Å². The van der Waals surface area contributed by atoms with E-state index in [0.717, 1.165) is 23.4 Å². The fourth-order valence-corrected chi connectivity index (χ4v) is 2.68. The molecule has 108 valence electrons. The van der Waals surface area contributed by atoms with Gasteiger partial charge in [0.2, 0.25) is 0 Å². The highest BCUT2D eigenvalue weighted by molar-refractivity contribution is 6.09. The molecular weight excluding hydrogens is 266 g/mol. The predicted octanol–water partition coefficient (Wildman–Crippen LogP) is 2.91. The summed E-state index contributed by atoms with van der Waals surface area (Å²) in [6, 6.07) is 13.1. The second-order valence-electron chi connectivity index (χ2n) is 4.90. The monoisotopic (exact) mass is 283 g/mol. The molecule has 0 radical (unpaired) electrons. The van der Waals surface area contributed by atoms with Gasteiger partial charge in [-0.15, -0.1) is 0 Å². The van der Waals surface area contributed by atoms with Crippen LogP contribution in [0.4, 0.5) is 5.69 Å². The first-order valence-corrected chi connectivity index (χ1v) is 6.86. The van der Waals surface area contributed by atoms with E-state index in [-0.39, 0.29) is 5.91 Å². The highest BCUT2D eigenvalue weighted by Crippen LogP contribution is 2.33. The van der Waals surface area contributed by atoms with Crippen molar-refractivity contribution < 1.29 is 14.3 Å². The molecule has 0 aliphatic carbocycles. The maximum atomic E-state index is 12.8. The molecule has 0 aromatic heterocycles. The van der Waals surface area contributed by atoms with Gasteiger partial charge >= 0.3 is 0 Å². The SMILES string of the molecule is COc1ccc2c(c1)CCN2C(=O)c1ccccc1OC. The topological polar surface area (TPSA) is 38.8 Å². The Bertz CT molecular complexity index is 681. The number of anilines is 1. The van der Waals surface area contributed by atoms with Crippen LogP contribution in [0.5, 0.6) is 11.5 Å². The van der Waals surface area contributed by atoms with Crippen LogP contribution in [0.1, 0.15) is 15.9 Å². The second kappa shape index (κ2) is 5.48. The fraction of sp³-hybridized carbons (Fsp3) is 0.235. The first-order valence-electron chi connectivity index (χ1n) is 6.86. The van der Waals surface area contributed by atoms with Crippen molar-refractivity contribution in [2.24, 2.45) is 0 Å². The van der Waals surface area contributed by atoms with E-state index in [2.05, 4.69) is 0 Å². The lowest BCUT2D eigenvalue weighted by Gasteiger charge is -2.19. The van der Waals surface area contributed by atoms with E-state index in [9.17, 15) is 4.79 Å². The summed E-state index contributed by atoms with van der Waals surface area (Å²) in [5.74, 6) is 1.39. The molecule has 2 aromatic carbocycles. The van der Waals surface area contributed by atoms with Crippen LogP contribution in [0, 0.1) is 0 Å². The molecule has 0 saturated heterocycles. The zero-order valence-corrected chi connectivity index (χ0v) is 12.1. The van der Waals surface area contributed by atoms with Crippen molar-refractivity contribution in [2.75, 3.05) is 25.7 Å². The number of para-hydroxylation sites is 1. The number of methoxy groups -OCH3 is 2. The summed E-state index contributed by atoms with van der Waals surface area (Å²) >= 11 is 0. The number of hydrogen-bond acceptors (Lipinski definition) is 3. The number of carbonyl (C=O) groups excluding carboxylic acids is 1. The normalized spacial score (nSPS) is 13.0. The first-order chi connectivity index (χ1) is 10.2. The third kappa shape index (κ3) is 2.33. The van der Waals surface area contributed by atoms with Gasteiger partial charge in [0.1, 0.15) is 11.5 Å². The Balaban J connectivity index is 1.95. The lowest BCUT2D eigenvalue weighted by atomic mass is 10.1. The standard InChI is InChI=1S/C17H17NO3/c1-20-13-7-8-15-12(11-13)9-10-18(15)17(19)14-5-3-4-6-16(14)21-2/h3-8,11H,9-10H2,1-2H3. The van der Waals surface area contributed by atoms with Crippen LogP contribution < -0.4 is 14.4 Å². The molecular formula is C17H17NO3. The zero-order valence-electron chi connectivity index (χ0n) is 12.1. The number of nitrogens with zero attached hydrogens (tertiary/aromatic N) is 1. The van der Waals surface area contributed by atoms with Crippen molar-refractivity contribution in [3.63, 3.8) is 0 Å². The summed E-state index contributed by atoms with van der Waals surface area (Å²) in [5.41, 5.74) is 2.67. The van der Waals surface area contributed by atoms with E-state index in [1.54, 1.807) is 31.3 Å². The van der Waals surface area contributed by atoms with Crippen LogP contribution in [0.2, 0.25) is 0 Å². The van der Waals surface area contributed by atoms with Crippen molar-refractivity contribution in [1.82, 2.24) is 0 Å². The van der Waals surface area contributed by atoms with E-state index in [4.69, 9.17) is 9.47 Å². The summed E-state index contributed by atoms with van der Waals surface area (Å²) in [5, 5.41) is 0. The minimum absolute atomic E-state index is 0.0311. The summed E-state index contributed by atoms with van der Waals surface area (Å²) < 4.78 is 10.5. The summed E-state index contributed by atoms with van der Waals surface area (Å²) in [7, 11) is 3.23. The Hall–Kier alpha value is -2.49. The van der Waals surface area contributed by atoms with Gasteiger partial charge in [0.05, 0.1) is 19.8 Å². The van der Waals surface area contributed by atoms with E-state index in [1.165, 1.54) is 0 Å². The van der Waals surface area contributed by atoms with E-state index < -0.39 is 0 Å². The van der Waals surface area contributed by atoms with Gasteiger partial charge in [-0.1, -0.05) is 12.1 Å². The quantitative estimate of drug-likeness (QED) is 0.869. The minimum Gasteiger partial charge on any atom is -0.497 e. The molecule has 3 rings (SSSR count). The van der Waals surface area contributed by atoms with Crippen molar-refractivity contribution in [2.45, 2.75) is 6.42 Å². The van der Waals surface area contributed by atoms with Gasteiger partial charge in [0.25, 0.3) is 5.91 Å². The van der Waals surface area contributed by atoms with Gasteiger partial charge < -0.3 is 14.4 Å². The molecule has 1 amide bonds. The smallest absolute Gasteiger partial charge is 0.262 e. The molecule has 4 heteroatoms. The minimum atomic E-state index is -0.0311. The number of ether oxygens (including phenoxy) is 2. The van der Waals surface area contributed by atoms with Gasteiger partial charge in [0.15, 0.2) is 0 Å². The highest BCUT2D eigenvalue weighted by Gasteiger charge is 2.27.